The van der Waals surface area contributed by atoms with Gasteiger partial charge in [-0.1, -0.05) is 29.8 Å². The number of amides is 1. The van der Waals surface area contributed by atoms with Crippen LogP contribution in [0.15, 0.2) is 53.5 Å². The number of nitrogens with zero attached hydrogens (tertiary/aromatic N) is 1. The minimum absolute atomic E-state index is 0.0116. The molecule has 0 bridgehead atoms. The molecule has 0 unspecified atom stereocenters. The monoisotopic (exact) mass is 374 g/mol. The molecule has 2 rings (SSSR count). The molecule has 0 atom stereocenters. The fraction of sp³-hybridized carbons (Fsp3) is 0.263. The molecule has 2 aromatic rings. The van der Waals surface area contributed by atoms with Crippen LogP contribution < -0.4 is 16.0 Å². The summed E-state index contributed by atoms with van der Waals surface area (Å²) in [5.74, 6) is 0.484. The second-order valence-electron chi connectivity index (χ2n) is 5.56. The van der Waals surface area contributed by atoms with Crippen molar-refractivity contribution in [3.8, 4) is 5.75 Å². The Labute approximate surface area is 158 Å². The highest BCUT2D eigenvalue weighted by molar-refractivity contribution is 6.31. The van der Waals surface area contributed by atoms with Gasteiger partial charge in [0.2, 0.25) is 5.91 Å². The lowest BCUT2D eigenvalue weighted by Gasteiger charge is -2.12. The van der Waals surface area contributed by atoms with E-state index in [0.717, 1.165) is 17.0 Å². The summed E-state index contributed by atoms with van der Waals surface area (Å²) in [6.07, 6.45) is 0.754. The largest absolute Gasteiger partial charge is 0.508 e. The molecular formula is C19H23ClN4O2. The Morgan fingerprint density at radius 3 is 2.54 bits per heavy atom. The quantitative estimate of drug-likeness (QED) is 0.341. The van der Waals surface area contributed by atoms with Gasteiger partial charge in [0.25, 0.3) is 0 Å². The lowest BCUT2D eigenvalue weighted by atomic mass is 10.1. The minimum Gasteiger partial charge on any atom is -0.508 e. The van der Waals surface area contributed by atoms with Crippen LogP contribution in [0, 0.1) is 0 Å². The summed E-state index contributed by atoms with van der Waals surface area (Å²) in [5, 5.41) is 19.0. The van der Waals surface area contributed by atoms with Crippen LogP contribution in [-0.2, 0) is 11.2 Å². The summed E-state index contributed by atoms with van der Waals surface area (Å²) in [6.45, 7) is 3.29. The summed E-state index contributed by atoms with van der Waals surface area (Å²) >= 11 is 6.15. The van der Waals surface area contributed by atoms with E-state index in [1.165, 1.54) is 12.1 Å². The molecular weight excluding hydrogens is 352 g/mol. The van der Waals surface area contributed by atoms with Gasteiger partial charge in [-0.15, -0.1) is 0 Å². The van der Waals surface area contributed by atoms with Gasteiger partial charge in [-0.3, -0.25) is 4.79 Å². The molecule has 6 nitrogen and oxygen atoms in total. The lowest BCUT2D eigenvalue weighted by Crippen LogP contribution is -2.39. The van der Waals surface area contributed by atoms with Crippen LogP contribution in [0.5, 0.6) is 5.75 Å². The van der Waals surface area contributed by atoms with Gasteiger partial charge >= 0.3 is 0 Å². The van der Waals surface area contributed by atoms with Crippen LogP contribution in [0.1, 0.15) is 12.5 Å². The van der Waals surface area contributed by atoms with Gasteiger partial charge in [-0.25, -0.2) is 4.99 Å². The van der Waals surface area contributed by atoms with E-state index in [4.69, 9.17) is 11.6 Å². The molecule has 138 valence electrons. The van der Waals surface area contributed by atoms with Crippen LogP contribution in [0.4, 0.5) is 5.69 Å². The number of phenolic OH excluding ortho intramolecular Hbond substituents is 1. The van der Waals surface area contributed by atoms with E-state index in [2.05, 4.69) is 20.9 Å². The maximum Gasteiger partial charge on any atom is 0.246 e. The first kappa shape index (κ1) is 19.6. The number of hydrogen-bond acceptors (Lipinski definition) is 3. The molecule has 0 aliphatic carbocycles. The Kier molecular flexibility index (Phi) is 7.76. The number of carbonyl (C=O) groups is 1. The van der Waals surface area contributed by atoms with Crippen molar-refractivity contribution in [2.45, 2.75) is 13.3 Å². The molecule has 0 aromatic heterocycles. The van der Waals surface area contributed by atoms with Crippen molar-refractivity contribution < 1.29 is 9.90 Å². The maximum absolute atomic E-state index is 12.0. The van der Waals surface area contributed by atoms with Crippen molar-refractivity contribution in [1.82, 2.24) is 10.6 Å². The van der Waals surface area contributed by atoms with Crippen LogP contribution >= 0.6 is 11.6 Å². The fourth-order valence-electron chi connectivity index (χ4n) is 2.25. The topological polar surface area (TPSA) is 85.8 Å². The van der Waals surface area contributed by atoms with E-state index in [-0.39, 0.29) is 18.2 Å². The van der Waals surface area contributed by atoms with E-state index < -0.39 is 0 Å². The molecule has 0 spiro atoms. The van der Waals surface area contributed by atoms with Crippen molar-refractivity contribution >= 4 is 29.2 Å². The standard InChI is InChI=1S/C19H23ClN4O2/c1-2-21-19(22-12-11-14-5-3-4-6-17(14)20)23-13-18(26)24-15-7-9-16(25)10-8-15/h3-10,25H,2,11-13H2,1H3,(H,24,26)(H2,21,22,23). The van der Waals surface area contributed by atoms with Crippen LogP contribution in [0.2, 0.25) is 5.02 Å². The predicted molar refractivity (Wildman–Crippen MR) is 106 cm³/mol. The zero-order chi connectivity index (χ0) is 18.8. The van der Waals surface area contributed by atoms with E-state index in [1.54, 1.807) is 12.1 Å². The number of hydrogen-bond donors (Lipinski definition) is 4. The third-order valence-corrected chi connectivity index (χ3v) is 3.89. The number of rotatable bonds is 7. The second-order valence-corrected chi connectivity index (χ2v) is 5.97. The molecule has 0 saturated carbocycles. The summed E-state index contributed by atoms with van der Waals surface area (Å²) < 4.78 is 0. The Morgan fingerprint density at radius 1 is 1.12 bits per heavy atom. The number of halogens is 1. The lowest BCUT2D eigenvalue weighted by molar-refractivity contribution is -0.114. The van der Waals surface area contributed by atoms with Crippen LogP contribution in [-0.4, -0.2) is 36.6 Å². The summed E-state index contributed by atoms with van der Waals surface area (Å²) in [4.78, 5) is 16.3. The summed E-state index contributed by atoms with van der Waals surface area (Å²) in [7, 11) is 0. The third kappa shape index (κ3) is 6.64. The molecule has 2 aromatic carbocycles. The number of benzene rings is 2. The molecule has 4 N–H and O–H groups in total. The first-order chi connectivity index (χ1) is 12.6. The molecule has 0 saturated heterocycles. The predicted octanol–water partition coefficient (Wildman–Crippen LogP) is 2.78. The Bertz CT molecular complexity index is 747. The average Bonchev–Trinajstić information content (AvgIpc) is 2.63. The first-order valence-corrected chi connectivity index (χ1v) is 8.80. The molecule has 0 aliphatic rings. The summed E-state index contributed by atoms with van der Waals surface area (Å²) in [5.41, 5.74) is 1.67. The molecule has 7 heteroatoms. The highest BCUT2D eigenvalue weighted by Crippen LogP contribution is 2.15. The van der Waals surface area contributed by atoms with Crippen molar-refractivity contribution in [3.05, 3.63) is 59.1 Å². The zero-order valence-electron chi connectivity index (χ0n) is 14.6. The first-order valence-electron chi connectivity index (χ1n) is 8.43. The highest BCUT2D eigenvalue weighted by atomic mass is 35.5. The third-order valence-electron chi connectivity index (χ3n) is 3.52. The van der Waals surface area contributed by atoms with E-state index in [1.807, 2.05) is 31.2 Å². The van der Waals surface area contributed by atoms with Crippen molar-refractivity contribution in [2.24, 2.45) is 4.99 Å². The van der Waals surface area contributed by atoms with E-state index in [0.29, 0.717) is 24.7 Å². The van der Waals surface area contributed by atoms with Gasteiger partial charge < -0.3 is 21.1 Å². The molecule has 26 heavy (non-hydrogen) atoms. The number of phenols is 1. The van der Waals surface area contributed by atoms with Gasteiger partial charge in [-0.05, 0) is 49.2 Å². The Hall–Kier alpha value is -2.73. The summed E-state index contributed by atoms with van der Waals surface area (Å²) in [6, 6.07) is 14.0. The number of aromatic hydroxyl groups is 1. The van der Waals surface area contributed by atoms with Crippen molar-refractivity contribution in [3.63, 3.8) is 0 Å². The van der Waals surface area contributed by atoms with E-state index >= 15 is 0 Å². The zero-order valence-corrected chi connectivity index (χ0v) is 15.4. The fourth-order valence-corrected chi connectivity index (χ4v) is 2.48. The molecule has 0 heterocycles. The van der Waals surface area contributed by atoms with Crippen LogP contribution in [0.3, 0.4) is 0 Å². The van der Waals surface area contributed by atoms with Gasteiger partial charge in [0, 0.05) is 23.8 Å². The SMILES string of the molecule is CCNC(=NCC(=O)Nc1ccc(O)cc1)NCCc1ccccc1Cl. The minimum atomic E-state index is -0.237. The smallest absolute Gasteiger partial charge is 0.246 e. The number of carbonyl (C=O) groups excluding carboxylic acids is 1. The van der Waals surface area contributed by atoms with Crippen LogP contribution in [0.25, 0.3) is 0 Å². The highest BCUT2D eigenvalue weighted by Gasteiger charge is 2.04. The molecule has 1 amide bonds. The number of nitrogens with one attached hydrogen (secondary N) is 3. The molecule has 0 radical (unpaired) electrons. The van der Waals surface area contributed by atoms with Gasteiger partial charge in [0.1, 0.15) is 12.3 Å². The number of guanidine groups is 1. The van der Waals surface area contributed by atoms with Gasteiger partial charge in [0.05, 0.1) is 0 Å². The average molecular weight is 375 g/mol. The second kappa shape index (κ2) is 10.3. The molecule has 0 aliphatic heterocycles. The van der Waals surface area contributed by atoms with Gasteiger partial charge in [-0.2, -0.15) is 0 Å². The van der Waals surface area contributed by atoms with E-state index in [9.17, 15) is 9.90 Å². The Morgan fingerprint density at radius 2 is 1.85 bits per heavy atom. The van der Waals surface area contributed by atoms with Crippen molar-refractivity contribution in [1.29, 1.82) is 0 Å². The number of aliphatic imine (C=N–C) groups is 1. The van der Waals surface area contributed by atoms with Crippen molar-refractivity contribution in [2.75, 3.05) is 25.0 Å². The normalized spacial score (nSPS) is 11.1. The Balaban J connectivity index is 1.84. The molecule has 0 fully saturated rings. The van der Waals surface area contributed by atoms with Gasteiger partial charge in [0.15, 0.2) is 5.96 Å². The number of anilines is 1. The maximum atomic E-state index is 12.0.